The molecule has 1 aromatic heterocycles. The number of likely N-dealkylation sites (tertiary alicyclic amines) is 1. The number of aliphatic hydroxyl groups is 1. The smallest absolute Gasteiger partial charge is 0.346 e. The van der Waals surface area contributed by atoms with Gasteiger partial charge in [-0.15, -0.1) is 11.8 Å². The van der Waals surface area contributed by atoms with Crippen LogP contribution in [-0.2, 0) is 0 Å². The standard InChI is InChI=1S/C12H17N3O3S/c1-7-9(10(19-2)14-12(18)13-7)11(17)15-4-3-8(5-15)6-16/h8,16H,3-6H2,1-2H3,(H,13,14,18). The Balaban J connectivity index is 2.31. The average Bonchev–Trinajstić information content (AvgIpc) is 2.85. The van der Waals surface area contributed by atoms with Crippen molar-refractivity contribution in [3.63, 3.8) is 0 Å². The van der Waals surface area contributed by atoms with Crippen molar-refractivity contribution >= 4 is 17.7 Å². The Morgan fingerprint density at radius 2 is 2.37 bits per heavy atom. The lowest BCUT2D eigenvalue weighted by Gasteiger charge is -2.18. The first-order chi connectivity index (χ1) is 9.06. The van der Waals surface area contributed by atoms with Gasteiger partial charge < -0.3 is 15.0 Å². The summed E-state index contributed by atoms with van der Waals surface area (Å²) in [6.45, 7) is 3.00. The number of aryl methyl sites for hydroxylation is 1. The highest BCUT2D eigenvalue weighted by Gasteiger charge is 2.29. The Kier molecular flexibility index (Phi) is 4.26. The Morgan fingerprint density at radius 3 is 2.95 bits per heavy atom. The van der Waals surface area contributed by atoms with Crippen molar-refractivity contribution in [2.24, 2.45) is 5.92 Å². The van der Waals surface area contributed by atoms with Gasteiger partial charge >= 0.3 is 5.69 Å². The summed E-state index contributed by atoms with van der Waals surface area (Å²) in [7, 11) is 0. The minimum atomic E-state index is -0.437. The molecule has 1 aromatic rings. The van der Waals surface area contributed by atoms with Gasteiger partial charge in [-0.05, 0) is 19.6 Å². The molecule has 0 aliphatic carbocycles. The first-order valence-corrected chi connectivity index (χ1v) is 7.34. The number of H-pyrrole nitrogens is 1. The summed E-state index contributed by atoms with van der Waals surface area (Å²) in [5.41, 5.74) is 0.570. The Bertz CT molecular complexity index is 544. The number of aromatic nitrogens is 2. The van der Waals surface area contributed by atoms with Crippen LogP contribution in [0.15, 0.2) is 9.82 Å². The maximum Gasteiger partial charge on any atom is 0.346 e. The van der Waals surface area contributed by atoms with Gasteiger partial charge in [0.25, 0.3) is 5.91 Å². The summed E-state index contributed by atoms with van der Waals surface area (Å²) in [5, 5.41) is 9.58. The number of aliphatic hydroxyl groups excluding tert-OH is 1. The van der Waals surface area contributed by atoms with E-state index in [0.717, 1.165) is 6.42 Å². The molecule has 0 spiro atoms. The summed E-state index contributed by atoms with van der Waals surface area (Å²) in [4.78, 5) is 31.9. The van der Waals surface area contributed by atoms with Gasteiger partial charge in [-0.1, -0.05) is 0 Å². The number of hydrogen-bond donors (Lipinski definition) is 2. The van der Waals surface area contributed by atoms with Crippen LogP contribution in [0, 0.1) is 12.8 Å². The molecule has 1 saturated heterocycles. The predicted octanol–water partition coefficient (Wildman–Crippen LogP) is 0.255. The van der Waals surface area contributed by atoms with Crippen LogP contribution in [0.4, 0.5) is 0 Å². The Morgan fingerprint density at radius 1 is 1.63 bits per heavy atom. The minimum Gasteiger partial charge on any atom is -0.396 e. The van der Waals surface area contributed by atoms with Crippen molar-refractivity contribution in [2.75, 3.05) is 26.0 Å². The van der Waals surface area contributed by atoms with E-state index in [2.05, 4.69) is 9.97 Å². The number of rotatable bonds is 3. The number of aromatic amines is 1. The molecule has 1 unspecified atom stereocenters. The fraction of sp³-hybridized carbons (Fsp3) is 0.583. The zero-order chi connectivity index (χ0) is 14.0. The van der Waals surface area contributed by atoms with E-state index >= 15 is 0 Å². The van der Waals surface area contributed by atoms with Crippen LogP contribution >= 0.6 is 11.8 Å². The average molecular weight is 283 g/mol. The molecular weight excluding hydrogens is 266 g/mol. The molecule has 1 aliphatic rings. The molecule has 1 atom stereocenters. The van der Waals surface area contributed by atoms with Crippen molar-refractivity contribution in [1.29, 1.82) is 0 Å². The van der Waals surface area contributed by atoms with Crippen LogP contribution in [0.2, 0.25) is 0 Å². The van der Waals surface area contributed by atoms with E-state index in [1.807, 2.05) is 0 Å². The molecule has 2 rings (SSSR count). The third kappa shape index (κ3) is 2.82. The fourth-order valence-electron chi connectivity index (χ4n) is 2.28. The lowest BCUT2D eigenvalue weighted by atomic mass is 10.1. The molecule has 0 bridgehead atoms. The molecule has 7 heteroatoms. The minimum absolute atomic E-state index is 0.0992. The number of carbonyl (C=O) groups excluding carboxylic acids is 1. The maximum atomic E-state index is 12.5. The lowest BCUT2D eigenvalue weighted by Crippen LogP contribution is -2.32. The van der Waals surface area contributed by atoms with Crippen LogP contribution in [0.25, 0.3) is 0 Å². The van der Waals surface area contributed by atoms with Crippen molar-refractivity contribution in [3.05, 3.63) is 21.7 Å². The van der Waals surface area contributed by atoms with Gasteiger partial charge in [0.1, 0.15) is 5.03 Å². The maximum absolute atomic E-state index is 12.5. The second-order valence-electron chi connectivity index (χ2n) is 4.64. The van der Waals surface area contributed by atoms with Crippen molar-refractivity contribution < 1.29 is 9.90 Å². The lowest BCUT2D eigenvalue weighted by molar-refractivity contribution is 0.0776. The van der Waals surface area contributed by atoms with Gasteiger partial charge in [-0.25, -0.2) is 4.79 Å². The summed E-state index contributed by atoms with van der Waals surface area (Å²) >= 11 is 1.29. The molecular formula is C12H17N3O3S. The monoisotopic (exact) mass is 283 g/mol. The quantitative estimate of drug-likeness (QED) is 0.613. The van der Waals surface area contributed by atoms with Crippen LogP contribution in [-0.4, -0.2) is 51.8 Å². The highest BCUT2D eigenvalue weighted by atomic mass is 32.2. The van der Waals surface area contributed by atoms with E-state index in [1.165, 1.54) is 11.8 Å². The van der Waals surface area contributed by atoms with E-state index in [9.17, 15) is 9.59 Å². The van der Waals surface area contributed by atoms with Gasteiger partial charge in [-0.3, -0.25) is 4.79 Å². The third-order valence-electron chi connectivity index (χ3n) is 3.32. The van der Waals surface area contributed by atoms with Crippen LogP contribution in [0.3, 0.4) is 0 Å². The van der Waals surface area contributed by atoms with E-state index < -0.39 is 5.69 Å². The zero-order valence-electron chi connectivity index (χ0n) is 11.0. The highest BCUT2D eigenvalue weighted by Crippen LogP contribution is 2.23. The molecule has 0 radical (unpaired) electrons. The highest BCUT2D eigenvalue weighted by molar-refractivity contribution is 7.98. The molecule has 1 aliphatic heterocycles. The summed E-state index contributed by atoms with van der Waals surface area (Å²) in [6, 6.07) is 0. The van der Waals surface area contributed by atoms with Gasteiger partial charge in [-0.2, -0.15) is 4.98 Å². The van der Waals surface area contributed by atoms with Crippen LogP contribution < -0.4 is 5.69 Å². The van der Waals surface area contributed by atoms with E-state index in [4.69, 9.17) is 5.11 Å². The molecule has 0 saturated carbocycles. The second-order valence-corrected chi connectivity index (χ2v) is 5.43. The van der Waals surface area contributed by atoms with Crippen molar-refractivity contribution in [2.45, 2.75) is 18.4 Å². The molecule has 19 heavy (non-hydrogen) atoms. The number of amides is 1. The number of thioether (sulfide) groups is 1. The second kappa shape index (κ2) is 5.75. The van der Waals surface area contributed by atoms with Gasteiger partial charge in [0.15, 0.2) is 0 Å². The first kappa shape index (κ1) is 14.1. The zero-order valence-corrected chi connectivity index (χ0v) is 11.8. The van der Waals surface area contributed by atoms with Crippen LogP contribution in [0.5, 0.6) is 0 Å². The summed E-state index contributed by atoms with van der Waals surface area (Å²) < 4.78 is 0. The molecule has 0 aromatic carbocycles. The fourth-order valence-corrected chi connectivity index (χ4v) is 2.90. The first-order valence-electron chi connectivity index (χ1n) is 6.11. The number of nitrogens with one attached hydrogen (secondary N) is 1. The SMILES string of the molecule is CSc1nc(=O)[nH]c(C)c1C(=O)N1CCC(CO)C1. The summed E-state index contributed by atoms with van der Waals surface area (Å²) in [6.07, 6.45) is 2.60. The topological polar surface area (TPSA) is 86.3 Å². The van der Waals surface area contributed by atoms with Crippen LogP contribution in [0.1, 0.15) is 22.5 Å². The molecule has 1 amide bonds. The third-order valence-corrected chi connectivity index (χ3v) is 4.01. The molecule has 2 N–H and O–H groups in total. The van der Waals surface area contributed by atoms with E-state index in [-0.39, 0.29) is 18.4 Å². The van der Waals surface area contributed by atoms with Gasteiger partial charge in [0.05, 0.1) is 5.56 Å². The van der Waals surface area contributed by atoms with E-state index in [0.29, 0.717) is 29.4 Å². The normalized spacial score (nSPS) is 18.9. The molecule has 2 heterocycles. The van der Waals surface area contributed by atoms with Crippen molar-refractivity contribution in [1.82, 2.24) is 14.9 Å². The predicted molar refractivity (Wildman–Crippen MR) is 72.5 cm³/mol. The molecule has 104 valence electrons. The molecule has 1 fully saturated rings. The Hall–Kier alpha value is -1.34. The van der Waals surface area contributed by atoms with E-state index in [1.54, 1.807) is 18.1 Å². The van der Waals surface area contributed by atoms with Crippen molar-refractivity contribution in [3.8, 4) is 0 Å². The van der Waals surface area contributed by atoms with Gasteiger partial charge in [0.2, 0.25) is 0 Å². The largest absolute Gasteiger partial charge is 0.396 e. The Labute approximate surface area is 115 Å². The molecule has 6 nitrogen and oxygen atoms in total. The van der Waals surface area contributed by atoms with Gasteiger partial charge in [0, 0.05) is 31.3 Å². The number of hydrogen-bond acceptors (Lipinski definition) is 5. The number of nitrogens with zero attached hydrogens (tertiary/aromatic N) is 2. The number of carbonyl (C=O) groups is 1. The summed E-state index contributed by atoms with van der Waals surface area (Å²) in [5.74, 6) is 0.0271.